The molecule has 0 N–H and O–H groups in total. The Morgan fingerprint density at radius 1 is 1.06 bits per heavy atom. The second-order valence-electron chi connectivity index (χ2n) is 9.82. The highest BCUT2D eigenvalue weighted by Crippen LogP contribution is 2.43. The summed E-state index contributed by atoms with van der Waals surface area (Å²) in [6.07, 6.45) is 1.17. The lowest BCUT2D eigenvalue weighted by Gasteiger charge is -2.29. The molecule has 1 saturated heterocycles. The molecule has 184 valence electrons. The molecule has 4 rings (SSSR count). The SMILES string of the molecule is CCOc1cccc2c1N(CC(C)CN1CCCN(Cc3ccccc3Cl)CC1)CC2C(C)=O. The number of fused-ring (bicyclic) bond motifs is 1. The molecule has 2 aliphatic heterocycles. The third kappa shape index (κ3) is 5.94. The third-order valence-electron chi connectivity index (χ3n) is 7.05. The molecule has 0 aromatic heterocycles. The smallest absolute Gasteiger partial charge is 0.142 e. The van der Waals surface area contributed by atoms with E-state index in [0.29, 0.717) is 12.5 Å². The van der Waals surface area contributed by atoms with Crippen LogP contribution in [0.5, 0.6) is 5.75 Å². The Kier molecular flexibility index (Phi) is 8.51. The predicted octanol–water partition coefficient (Wildman–Crippen LogP) is 5.08. The number of benzene rings is 2. The molecule has 0 amide bonds. The van der Waals surface area contributed by atoms with E-state index >= 15 is 0 Å². The van der Waals surface area contributed by atoms with Crippen LogP contribution in [-0.4, -0.2) is 68.0 Å². The minimum atomic E-state index is -0.0563. The van der Waals surface area contributed by atoms with Gasteiger partial charge in [0.1, 0.15) is 11.5 Å². The highest BCUT2D eigenvalue weighted by molar-refractivity contribution is 6.31. The van der Waals surface area contributed by atoms with Crippen LogP contribution in [-0.2, 0) is 11.3 Å². The second-order valence-corrected chi connectivity index (χ2v) is 10.2. The van der Waals surface area contributed by atoms with Gasteiger partial charge in [0.25, 0.3) is 0 Å². The summed E-state index contributed by atoms with van der Waals surface area (Å²) in [5.41, 5.74) is 3.46. The molecule has 0 saturated carbocycles. The molecule has 2 unspecified atom stereocenters. The molecule has 0 spiro atoms. The maximum absolute atomic E-state index is 12.4. The molecular weight excluding hydrogens is 446 g/mol. The number of ether oxygens (including phenoxy) is 1. The van der Waals surface area contributed by atoms with Crippen LogP contribution in [0.2, 0.25) is 5.02 Å². The summed E-state index contributed by atoms with van der Waals surface area (Å²) in [4.78, 5) is 19.9. The van der Waals surface area contributed by atoms with E-state index in [1.807, 2.05) is 31.2 Å². The number of carbonyl (C=O) groups is 1. The summed E-state index contributed by atoms with van der Waals surface area (Å²) in [5, 5.41) is 0.860. The van der Waals surface area contributed by atoms with Crippen molar-refractivity contribution in [1.29, 1.82) is 0 Å². The summed E-state index contributed by atoms with van der Waals surface area (Å²) in [7, 11) is 0. The van der Waals surface area contributed by atoms with E-state index in [4.69, 9.17) is 16.3 Å². The fourth-order valence-electron chi connectivity index (χ4n) is 5.46. The highest BCUT2D eigenvalue weighted by Gasteiger charge is 2.34. The summed E-state index contributed by atoms with van der Waals surface area (Å²) in [6, 6.07) is 14.3. The van der Waals surface area contributed by atoms with Crippen molar-refractivity contribution >= 4 is 23.1 Å². The predicted molar refractivity (Wildman–Crippen MR) is 140 cm³/mol. The Morgan fingerprint density at radius 2 is 1.82 bits per heavy atom. The molecule has 5 nitrogen and oxygen atoms in total. The third-order valence-corrected chi connectivity index (χ3v) is 7.42. The summed E-state index contributed by atoms with van der Waals surface area (Å²) >= 11 is 6.39. The molecule has 2 atom stereocenters. The largest absolute Gasteiger partial charge is 0.492 e. The normalized spacial score (nSPS) is 20.1. The van der Waals surface area contributed by atoms with Gasteiger partial charge in [0.05, 0.1) is 18.2 Å². The lowest BCUT2D eigenvalue weighted by molar-refractivity contribution is -0.118. The molecule has 0 bridgehead atoms. The lowest BCUT2D eigenvalue weighted by Crippen LogP contribution is -2.37. The Morgan fingerprint density at radius 3 is 2.59 bits per heavy atom. The Balaban J connectivity index is 1.35. The minimum Gasteiger partial charge on any atom is -0.492 e. The molecule has 0 radical (unpaired) electrons. The molecule has 2 aliphatic rings. The molecule has 0 aliphatic carbocycles. The fourth-order valence-corrected chi connectivity index (χ4v) is 5.66. The van der Waals surface area contributed by atoms with Crippen LogP contribution < -0.4 is 9.64 Å². The quantitative estimate of drug-likeness (QED) is 0.497. The van der Waals surface area contributed by atoms with Gasteiger partial charge in [-0.25, -0.2) is 0 Å². The standard InChI is InChI=1S/C28H38ClN3O2/c1-4-34-27-12-7-10-24-25(22(3)33)20-32(28(24)27)18-21(2)17-30-13-8-14-31(16-15-30)19-23-9-5-6-11-26(23)29/h5-7,9-12,21,25H,4,8,13-20H2,1-3H3. The maximum atomic E-state index is 12.4. The molecule has 2 aromatic rings. The van der Waals surface area contributed by atoms with Gasteiger partial charge in [-0.05, 0) is 62.5 Å². The van der Waals surface area contributed by atoms with E-state index in [0.717, 1.165) is 74.4 Å². The van der Waals surface area contributed by atoms with Gasteiger partial charge in [-0.1, -0.05) is 48.9 Å². The first-order chi connectivity index (χ1) is 16.5. The van der Waals surface area contributed by atoms with Crippen LogP contribution in [0.3, 0.4) is 0 Å². The van der Waals surface area contributed by atoms with E-state index in [1.165, 1.54) is 12.0 Å². The first kappa shape index (κ1) is 25.0. The first-order valence-electron chi connectivity index (χ1n) is 12.7. The van der Waals surface area contributed by atoms with Gasteiger partial charge in [-0.2, -0.15) is 0 Å². The Labute approximate surface area is 209 Å². The van der Waals surface area contributed by atoms with E-state index < -0.39 is 0 Å². The zero-order valence-electron chi connectivity index (χ0n) is 20.8. The molecule has 2 heterocycles. The van der Waals surface area contributed by atoms with Gasteiger partial charge in [0, 0.05) is 44.3 Å². The number of para-hydroxylation sites is 1. The average Bonchev–Trinajstić information content (AvgIpc) is 3.03. The van der Waals surface area contributed by atoms with E-state index in [2.05, 4.69) is 39.8 Å². The number of carbonyl (C=O) groups excluding carboxylic acids is 1. The van der Waals surface area contributed by atoms with E-state index in [-0.39, 0.29) is 11.7 Å². The zero-order chi connectivity index (χ0) is 24.1. The maximum Gasteiger partial charge on any atom is 0.142 e. The van der Waals surface area contributed by atoms with E-state index in [9.17, 15) is 4.79 Å². The van der Waals surface area contributed by atoms with Crippen molar-refractivity contribution in [1.82, 2.24) is 9.80 Å². The number of anilines is 1. The van der Waals surface area contributed by atoms with Crippen molar-refractivity contribution in [3.8, 4) is 5.75 Å². The van der Waals surface area contributed by atoms with Crippen LogP contribution in [0.4, 0.5) is 5.69 Å². The van der Waals surface area contributed by atoms with Crippen molar-refractivity contribution in [3.63, 3.8) is 0 Å². The molecule has 1 fully saturated rings. The van der Waals surface area contributed by atoms with Gasteiger partial charge >= 0.3 is 0 Å². The van der Waals surface area contributed by atoms with Crippen LogP contribution in [0.25, 0.3) is 0 Å². The second kappa shape index (κ2) is 11.6. The lowest BCUT2D eigenvalue weighted by atomic mass is 9.97. The number of hydrogen-bond donors (Lipinski definition) is 0. The van der Waals surface area contributed by atoms with Gasteiger partial charge in [-0.15, -0.1) is 0 Å². The monoisotopic (exact) mass is 483 g/mol. The number of nitrogens with zero attached hydrogens (tertiary/aromatic N) is 3. The van der Waals surface area contributed by atoms with Gasteiger partial charge in [0.15, 0.2) is 0 Å². The highest BCUT2D eigenvalue weighted by atomic mass is 35.5. The van der Waals surface area contributed by atoms with Gasteiger partial charge in [0.2, 0.25) is 0 Å². The number of hydrogen-bond acceptors (Lipinski definition) is 5. The van der Waals surface area contributed by atoms with Crippen molar-refractivity contribution in [2.24, 2.45) is 5.92 Å². The van der Waals surface area contributed by atoms with Gasteiger partial charge in [-0.3, -0.25) is 9.69 Å². The van der Waals surface area contributed by atoms with Crippen molar-refractivity contribution in [2.75, 3.05) is 57.3 Å². The van der Waals surface area contributed by atoms with Gasteiger partial charge < -0.3 is 14.5 Å². The summed E-state index contributed by atoms with van der Waals surface area (Å²) in [5.74, 6) is 1.57. The number of rotatable bonds is 9. The van der Waals surface area contributed by atoms with Crippen molar-refractivity contribution in [2.45, 2.75) is 39.7 Å². The first-order valence-corrected chi connectivity index (χ1v) is 13.0. The van der Waals surface area contributed by atoms with Crippen LogP contribution >= 0.6 is 11.6 Å². The molecule has 34 heavy (non-hydrogen) atoms. The number of ketones is 1. The zero-order valence-corrected chi connectivity index (χ0v) is 21.6. The average molecular weight is 484 g/mol. The molecular formula is C28H38ClN3O2. The van der Waals surface area contributed by atoms with E-state index in [1.54, 1.807) is 6.92 Å². The molecule has 2 aromatic carbocycles. The number of Topliss-reactive ketones (excluding diaryl/α,β-unsaturated/α-hetero) is 1. The van der Waals surface area contributed by atoms with Crippen LogP contribution in [0, 0.1) is 5.92 Å². The summed E-state index contributed by atoms with van der Waals surface area (Å²) in [6.45, 7) is 14.7. The summed E-state index contributed by atoms with van der Waals surface area (Å²) < 4.78 is 5.95. The fraction of sp³-hybridized carbons (Fsp3) is 0.536. The van der Waals surface area contributed by atoms with Crippen LogP contribution in [0.15, 0.2) is 42.5 Å². The topological polar surface area (TPSA) is 36.0 Å². The van der Waals surface area contributed by atoms with Crippen LogP contribution in [0.1, 0.15) is 44.2 Å². The minimum absolute atomic E-state index is 0.0563. The molecule has 6 heteroatoms. The number of halogens is 1. The Hall–Kier alpha value is -2.08. The van der Waals surface area contributed by atoms with Crippen molar-refractivity contribution in [3.05, 3.63) is 58.6 Å². The Bertz CT molecular complexity index is 982. The van der Waals surface area contributed by atoms with Crippen molar-refractivity contribution < 1.29 is 9.53 Å².